The first-order valence-corrected chi connectivity index (χ1v) is 7.51. The monoisotopic (exact) mass is 280 g/mol. The van der Waals surface area contributed by atoms with Gasteiger partial charge in [-0.2, -0.15) is 0 Å². The summed E-state index contributed by atoms with van der Waals surface area (Å²) in [4.78, 5) is 5.40. The van der Waals surface area contributed by atoms with Crippen LogP contribution in [-0.4, -0.2) is 9.55 Å². The van der Waals surface area contributed by atoms with E-state index in [4.69, 9.17) is 0 Å². The molecule has 0 spiro atoms. The number of para-hydroxylation sites is 1. The summed E-state index contributed by atoms with van der Waals surface area (Å²) in [5, 5.41) is 0.417. The SMILES string of the molecule is CC(Sc1ccccc1-n1ccnc1)c1ccccc1. The Balaban J connectivity index is 1.88. The summed E-state index contributed by atoms with van der Waals surface area (Å²) in [5.74, 6) is 0. The molecule has 1 unspecified atom stereocenters. The largest absolute Gasteiger partial charge is 0.305 e. The van der Waals surface area contributed by atoms with E-state index in [1.807, 2.05) is 30.5 Å². The average molecular weight is 280 g/mol. The molecule has 1 aromatic heterocycles. The van der Waals surface area contributed by atoms with E-state index >= 15 is 0 Å². The van der Waals surface area contributed by atoms with Crippen LogP contribution in [0.1, 0.15) is 17.7 Å². The Morgan fingerprint density at radius 3 is 2.50 bits per heavy atom. The summed E-state index contributed by atoms with van der Waals surface area (Å²) in [6.45, 7) is 2.24. The van der Waals surface area contributed by atoms with Crippen molar-refractivity contribution in [2.45, 2.75) is 17.1 Å². The zero-order valence-corrected chi connectivity index (χ0v) is 12.1. The topological polar surface area (TPSA) is 17.8 Å². The van der Waals surface area contributed by atoms with Crippen LogP contribution in [0.15, 0.2) is 78.2 Å². The van der Waals surface area contributed by atoms with E-state index in [2.05, 4.69) is 71.1 Å². The maximum atomic E-state index is 4.13. The zero-order valence-electron chi connectivity index (χ0n) is 11.3. The molecule has 3 heteroatoms. The van der Waals surface area contributed by atoms with E-state index in [0.29, 0.717) is 5.25 Å². The van der Waals surface area contributed by atoms with Gasteiger partial charge in [-0.3, -0.25) is 0 Å². The normalized spacial score (nSPS) is 12.2. The molecule has 0 aliphatic heterocycles. The van der Waals surface area contributed by atoms with Crippen molar-refractivity contribution >= 4 is 11.8 Å². The van der Waals surface area contributed by atoms with Gasteiger partial charge in [0.05, 0.1) is 12.0 Å². The Morgan fingerprint density at radius 2 is 1.75 bits per heavy atom. The quantitative estimate of drug-likeness (QED) is 0.643. The fraction of sp³-hybridized carbons (Fsp3) is 0.118. The molecule has 3 rings (SSSR count). The standard InChI is InChI=1S/C17H16N2S/c1-14(15-7-3-2-4-8-15)20-17-10-6-5-9-16(17)19-12-11-18-13-19/h2-14H,1H3. The number of nitrogens with zero attached hydrogens (tertiary/aromatic N) is 2. The van der Waals surface area contributed by atoms with Crippen molar-refractivity contribution in [3.05, 3.63) is 78.9 Å². The molecule has 0 saturated carbocycles. The molecule has 20 heavy (non-hydrogen) atoms. The second kappa shape index (κ2) is 5.97. The van der Waals surface area contributed by atoms with Crippen molar-refractivity contribution in [2.24, 2.45) is 0 Å². The predicted molar refractivity (Wildman–Crippen MR) is 84.3 cm³/mol. The van der Waals surface area contributed by atoms with Gasteiger partial charge in [0.1, 0.15) is 0 Å². The van der Waals surface area contributed by atoms with Crippen molar-refractivity contribution < 1.29 is 0 Å². The molecule has 0 amide bonds. The predicted octanol–water partition coefficient (Wildman–Crippen LogP) is 4.73. The smallest absolute Gasteiger partial charge is 0.0992 e. The molecule has 0 fully saturated rings. The molecule has 2 nitrogen and oxygen atoms in total. The highest BCUT2D eigenvalue weighted by Crippen LogP contribution is 2.37. The van der Waals surface area contributed by atoms with Gasteiger partial charge in [-0.25, -0.2) is 4.98 Å². The lowest BCUT2D eigenvalue weighted by Gasteiger charge is -2.15. The first kappa shape index (κ1) is 13.0. The highest BCUT2D eigenvalue weighted by atomic mass is 32.2. The molecule has 1 heterocycles. The third-order valence-corrected chi connectivity index (χ3v) is 4.45. The minimum atomic E-state index is 0.417. The van der Waals surface area contributed by atoms with E-state index in [1.54, 1.807) is 0 Å². The third kappa shape index (κ3) is 2.78. The molecule has 100 valence electrons. The Bertz CT molecular complexity index is 662. The lowest BCUT2D eigenvalue weighted by molar-refractivity contribution is 1.01. The van der Waals surface area contributed by atoms with Gasteiger partial charge in [0.15, 0.2) is 0 Å². The maximum Gasteiger partial charge on any atom is 0.0992 e. The van der Waals surface area contributed by atoms with E-state index in [9.17, 15) is 0 Å². The van der Waals surface area contributed by atoms with Gasteiger partial charge in [-0.15, -0.1) is 11.8 Å². The average Bonchev–Trinajstić information content (AvgIpc) is 3.03. The van der Waals surface area contributed by atoms with Gasteiger partial charge in [0.2, 0.25) is 0 Å². The van der Waals surface area contributed by atoms with Gasteiger partial charge in [-0.1, -0.05) is 42.5 Å². The molecule has 0 saturated heterocycles. The Labute approximate surface area is 123 Å². The van der Waals surface area contributed by atoms with Crippen LogP contribution in [0.2, 0.25) is 0 Å². The summed E-state index contributed by atoms with van der Waals surface area (Å²) >= 11 is 1.87. The first-order valence-electron chi connectivity index (χ1n) is 6.63. The number of imidazole rings is 1. The van der Waals surface area contributed by atoms with E-state index in [-0.39, 0.29) is 0 Å². The summed E-state index contributed by atoms with van der Waals surface area (Å²) in [6.07, 6.45) is 5.63. The number of rotatable bonds is 4. The Kier molecular flexibility index (Phi) is 3.88. The first-order chi connectivity index (χ1) is 9.84. The number of thioether (sulfide) groups is 1. The molecule has 0 N–H and O–H groups in total. The van der Waals surface area contributed by atoms with Crippen molar-refractivity contribution in [3.8, 4) is 5.69 Å². The zero-order chi connectivity index (χ0) is 13.8. The number of benzene rings is 2. The molecule has 0 aliphatic rings. The van der Waals surface area contributed by atoms with Crippen molar-refractivity contribution in [2.75, 3.05) is 0 Å². The fourth-order valence-electron chi connectivity index (χ4n) is 2.15. The fourth-order valence-corrected chi connectivity index (χ4v) is 3.28. The summed E-state index contributed by atoms with van der Waals surface area (Å²) in [7, 11) is 0. The van der Waals surface area contributed by atoms with Gasteiger partial charge in [0.25, 0.3) is 0 Å². The molecule has 0 aliphatic carbocycles. The molecular weight excluding hydrogens is 264 g/mol. The van der Waals surface area contributed by atoms with Crippen LogP contribution in [0, 0.1) is 0 Å². The van der Waals surface area contributed by atoms with Gasteiger partial charge in [-0.05, 0) is 24.6 Å². The second-order valence-electron chi connectivity index (χ2n) is 4.61. The van der Waals surface area contributed by atoms with Crippen molar-refractivity contribution in [1.29, 1.82) is 0 Å². The van der Waals surface area contributed by atoms with Gasteiger partial charge in [0, 0.05) is 22.5 Å². The molecule has 1 atom stereocenters. The van der Waals surface area contributed by atoms with Crippen LogP contribution in [0.5, 0.6) is 0 Å². The van der Waals surface area contributed by atoms with Crippen LogP contribution in [-0.2, 0) is 0 Å². The second-order valence-corrected chi connectivity index (χ2v) is 5.99. The summed E-state index contributed by atoms with van der Waals surface area (Å²) in [6, 6.07) is 19.0. The Hall–Kier alpha value is -2.00. The molecule has 3 aromatic rings. The number of aromatic nitrogens is 2. The van der Waals surface area contributed by atoms with Crippen LogP contribution in [0.3, 0.4) is 0 Å². The van der Waals surface area contributed by atoms with Crippen LogP contribution in [0.25, 0.3) is 5.69 Å². The van der Waals surface area contributed by atoms with Crippen LogP contribution >= 0.6 is 11.8 Å². The molecular formula is C17H16N2S. The number of hydrogen-bond acceptors (Lipinski definition) is 2. The lowest BCUT2D eigenvalue weighted by atomic mass is 10.2. The van der Waals surface area contributed by atoms with E-state index < -0.39 is 0 Å². The number of hydrogen-bond donors (Lipinski definition) is 0. The molecule has 2 aromatic carbocycles. The highest BCUT2D eigenvalue weighted by molar-refractivity contribution is 7.99. The van der Waals surface area contributed by atoms with Gasteiger partial charge < -0.3 is 4.57 Å². The molecule has 0 radical (unpaired) electrons. The Morgan fingerprint density at radius 1 is 1.00 bits per heavy atom. The van der Waals surface area contributed by atoms with Gasteiger partial charge >= 0.3 is 0 Å². The van der Waals surface area contributed by atoms with E-state index in [1.165, 1.54) is 16.1 Å². The van der Waals surface area contributed by atoms with E-state index in [0.717, 1.165) is 0 Å². The van der Waals surface area contributed by atoms with Crippen LogP contribution in [0.4, 0.5) is 0 Å². The van der Waals surface area contributed by atoms with Crippen molar-refractivity contribution in [3.63, 3.8) is 0 Å². The highest BCUT2D eigenvalue weighted by Gasteiger charge is 2.10. The lowest BCUT2D eigenvalue weighted by Crippen LogP contribution is -1.94. The summed E-state index contributed by atoms with van der Waals surface area (Å²) in [5.41, 5.74) is 2.52. The minimum Gasteiger partial charge on any atom is -0.305 e. The molecule has 0 bridgehead atoms. The van der Waals surface area contributed by atoms with Crippen LogP contribution < -0.4 is 0 Å². The maximum absolute atomic E-state index is 4.13. The minimum absolute atomic E-state index is 0.417. The summed E-state index contributed by atoms with van der Waals surface area (Å²) < 4.78 is 2.06. The third-order valence-electron chi connectivity index (χ3n) is 3.22. The van der Waals surface area contributed by atoms with Crippen molar-refractivity contribution in [1.82, 2.24) is 9.55 Å².